The van der Waals surface area contributed by atoms with Crippen molar-refractivity contribution in [3.8, 4) is 0 Å². The zero-order chi connectivity index (χ0) is 15.4. The van der Waals surface area contributed by atoms with Crippen molar-refractivity contribution in [1.29, 1.82) is 0 Å². The minimum absolute atomic E-state index is 0.0494. The summed E-state index contributed by atoms with van der Waals surface area (Å²) in [5, 5.41) is 14.5. The van der Waals surface area contributed by atoms with Crippen LogP contribution < -0.4 is 0 Å². The number of halogens is 1. The zero-order valence-electron chi connectivity index (χ0n) is 12.3. The molecule has 0 spiro atoms. The van der Waals surface area contributed by atoms with E-state index < -0.39 is 6.10 Å². The number of aliphatic hydroxyl groups excluding tert-OH is 1. The maximum atomic E-state index is 13.2. The lowest BCUT2D eigenvalue weighted by Gasteiger charge is -2.34. The predicted molar refractivity (Wildman–Crippen MR) is 79.8 cm³/mol. The highest BCUT2D eigenvalue weighted by atomic mass is 19.1. The van der Waals surface area contributed by atoms with Crippen molar-refractivity contribution in [3.05, 3.63) is 54.1 Å². The maximum Gasteiger partial charge on any atom is 0.123 e. The van der Waals surface area contributed by atoms with Gasteiger partial charge in [0.15, 0.2) is 0 Å². The third kappa shape index (κ3) is 3.91. The van der Waals surface area contributed by atoms with Crippen LogP contribution in [0.2, 0.25) is 0 Å². The number of hydrogen-bond donors (Lipinski definition) is 1. The summed E-state index contributed by atoms with van der Waals surface area (Å²) in [5.41, 5.74) is 0.607. The van der Waals surface area contributed by atoms with E-state index in [1.54, 1.807) is 18.3 Å². The minimum atomic E-state index is -0.695. The summed E-state index contributed by atoms with van der Waals surface area (Å²) in [6.07, 6.45) is 3.01. The molecule has 118 valence electrons. The Hall–Kier alpha value is -1.76. The Morgan fingerprint density at radius 2 is 2.32 bits per heavy atom. The van der Waals surface area contributed by atoms with Crippen molar-refractivity contribution in [2.24, 2.45) is 0 Å². The summed E-state index contributed by atoms with van der Waals surface area (Å²) in [4.78, 5) is 2.15. The first-order valence-corrected chi connectivity index (χ1v) is 7.45. The molecule has 2 heterocycles. The van der Waals surface area contributed by atoms with Crippen molar-refractivity contribution < 1.29 is 14.2 Å². The molecule has 3 rings (SSSR count). The van der Waals surface area contributed by atoms with Crippen LogP contribution >= 0.6 is 0 Å². The van der Waals surface area contributed by atoms with Crippen molar-refractivity contribution >= 4 is 0 Å². The first kappa shape index (κ1) is 15.1. The molecule has 0 aliphatic carbocycles. The van der Waals surface area contributed by atoms with Crippen LogP contribution in [0.4, 0.5) is 4.39 Å². The Labute approximate surface area is 128 Å². The van der Waals surface area contributed by atoms with Crippen LogP contribution in [-0.4, -0.2) is 52.1 Å². The van der Waals surface area contributed by atoms with E-state index in [2.05, 4.69) is 10.00 Å². The van der Waals surface area contributed by atoms with Gasteiger partial charge in [0.2, 0.25) is 0 Å². The van der Waals surface area contributed by atoms with Gasteiger partial charge in [-0.05, 0) is 23.8 Å². The highest BCUT2D eigenvalue weighted by Gasteiger charge is 2.23. The molecule has 6 heteroatoms. The lowest BCUT2D eigenvalue weighted by molar-refractivity contribution is -0.0486. The first-order valence-electron chi connectivity index (χ1n) is 7.45. The minimum Gasteiger partial charge on any atom is -0.387 e. The highest BCUT2D eigenvalue weighted by molar-refractivity contribution is 5.19. The van der Waals surface area contributed by atoms with E-state index in [4.69, 9.17) is 4.74 Å². The summed E-state index contributed by atoms with van der Waals surface area (Å²) in [7, 11) is 0. The van der Waals surface area contributed by atoms with Crippen molar-refractivity contribution in [2.75, 3.05) is 26.2 Å². The molecule has 0 unspecified atom stereocenters. The SMILES string of the molecule is O[C@H](CN1CCO[C@@H](Cn2cccn2)C1)c1cccc(F)c1. The third-order valence-corrected chi connectivity index (χ3v) is 3.84. The largest absolute Gasteiger partial charge is 0.387 e. The van der Waals surface area contributed by atoms with E-state index in [9.17, 15) is 9.50 Å². The molecule has 0 amide bonds. The van der Waals surface area contributed by atoms with Gasteiger partial charge in [-0.15, -0.1) is 0 Å². The lowest BCUT2D eigenvalue weighted by atomic mass is 10.1. The molecule has 5 nitrogen and oxygen atoms in total. The van der Waals surface area contributed by atoms with Crippen LogP contribution in [0.25, 0.3) is 0 Å². The molecule has 1 aliphatic rings. The molecule has 2 atom stereocenters. The molecule has 2 aromatic rings. The van der Waals surface area contributed by atoms with Gasteiger partial charge in [-0.1, -0.05) is 12.1 Å². The fourth-order valence-corrected chi connectivity index (χ4v) is 2.74. The molecule has 1 aromatic heterocycles. The van der Waals surface area contributed by atoms with E-state index in [1.807, 2.05) is 16.9 Å². The van der Waals surface area contributed by atoms with Crippen LogP contribution in [0.1, 0.15) is 11.7 Å². The second-order valence-electron chi connectivity index (χ2n) is 5.55. The Kier molecular flexibility index (Phi) is 4.82. The summed E-state index contributed by atoms with van der Waals surface area (Å²) >= 11 is 0. The average molecular weight is 305 g/mol. The van der Waals surface area contributed by atoms with Gasteiger partial charge in [-0.25, -0.2) is 4.39 Å². The number of benzene rings is 1. The lowest BCUT2D eigenvalue weighted by Crippen LogP contribution is -2.45. The van der Waals surface area contributed by atoms with Gasteiger partial charge in [-0.3, -0.25) is 9.58 Å². The quantitative estimate of drug-likeness (QED) is 0.908. The summed E-state index contributed by atoms with van der Waals surface area (Å²) in [6.45, 7) is 3.29. The number of morpholine rings is 1. The molecular weight excluding hydrogens is 285 g/mol. The number of aromatic nitrogens is 2. The number of nitrogens with zero attached hydrogens (tertiary/aromatic N) is 3. The van der Waals surface area contributed by atoms with E-state index in [-0.39, 0.29) is 11.9 Å². The van der Waals surface area contributed by atoms with Crippen molar-refractivity contribution in [1.82, 2.24) is 14.7 Å². The molecule has 0 radical (unpaired) electrons. The van der Waals surface area contributed by atoms with E-state index >= 15 is 0 Å². The Morgan fingerprint density at radius 1 is 1.41 bits per heavy atom. The molecule has 1 saturated heterocycles. The molecule has 1 aliphatic heterocycles. The molecule has 22 heavy (non-hydrogen) atoms. The number of hydrogen-bond acceptors (Lipinski definition) is 4. The van der Waals surface area contributed by atoms with Gasteiger partial charge in [0.1, 0.15) is 5.82 Å². The zero-order valence-corrected chi connectivity index (χ0v) is 12.3. The number of ether oxygens (including phenoxy) is 1. The van der Waals surface area contributed by atoms with Crippen molar-refractivity contribution in [3.63, 3.8) is 0 Å². The Morgan fingerprint density at radius 3 is 3.09 bits per heavy atom. The van der Waals surface area contributed by atoms with Gasteiger partial charge in [0.25, 0.3) is 0 Å². The van der Waals surface area contributed by atoms with E-state index in [0.29, 0.717) is 25.3 Å². The molecule has 1 N–H and O–H groups in total. The van der Waals surface area contributed by atoms with Gasteiger partial charge in [-0.2, -0.15) is 5.10 Å². The molecule has 1 aromatic carbocycles. The second-order valence-corrected chi connectivity index (χ2v) is 5.55. The smallest absolute Gasteiger partial charge is 0.123 e. The Bertz CT molecular complexity index is 591. The number of aliphatic hydroxyl groups is 1. The summed E-state index contributed by atoms with van der Waals surface area (Å²) < 4.78 is 20.8. The monoisotopic (exact) mass is 305 g/mol. The van der Waals surface area contributed by atoms with Crippen LogP contribution in [-0.2, 0) is 11.3 Å². The van der Waals surface area contributed by atoms with Crippen LogP contribution in [0.15, 0.2) is 42.7 Å². The first-order chi connectivity index (χ1) is 10.7. The standard InChI is InChI=1S/C16H20FN3O2/c17-14-4-1-3-13(9-14)16(21)12-19-7-8-22-15(10-19)11-20-6-2-5-18-20/h1-6,9,15-16,21H,7-8,10-12H2/t15-,16-/m1/s1. The second kappa shape index (κ2) is 7.00. The molecule has 0 bridgehead atoms. The topological polar surface area (TPSA) is 50.5 Å². The van der Waals surface area contributed by atoms with Gasteiger partial charge >= 0.3 is 0 Å². The predicted octanol–water partition coefficient (Wildman–Crippen LogP) is 1.46. The van der Waals surface area contributed by atoms with Crippen LogP contribution in [0.5, 0.6) is 0 Å². The molecule has 0 saturated carbocycles. The third-order valence-electron chi connectivity index (χ3n) is 3.84. The van der Waals surface area contributed by atoms with E-state index in [1.165, 1.54) is 12.1 Å². The average Bonchev–Trinajstić information content (AvgIpc) is 3.00. The van der Waals surface area contributed by atoms with Gasteiger partial charge in [0.05, 0.1) is 25.4 Å². The fraction of sp³-hybridized carbons (Fsp3) is 0.438. The van der Waals surface area contributed by atoms with E-state index in [0.717, 1.165) is 13.1 Å². The number of β-amino-alcohol motifs (C(OH)–C–C–N with tert-alkyl or cyclic N) is 1. The van der Waals surface area contributed by atoms with Gasteiger partial charge in [0, 0.05) is 32.0 Å². The normalized spacial score (nSPS) is 20.9. The summed E-state index contributed by atoms with van der Waals surface area (Å²) in [5.74, 6) is -0.324. The molecular formula is C16H20FN3O2. The molecule has 1 fully saturated rings. The fourth-order valence-electron chi connectivity index (χ4n) is 2.74. The number of rotatable bonds is 5. The van der Waals surface area contributed by atoms with Gasteiger partial charge < -0.3 is 9.84 Å². The van der Waals surface area contributed by atoms with Crippen LogP contribution in [0, 0.1) is 5.82 Å². The highest BCUT2D eigenvalue weighted by Crippen LogP contribution is 2.17. The summed E-state index contributed by atoms with van der Waals surface area (Å²) in [6, 6.07) is 8.01. The Balaban J connectivity index is 1.55. The van der Waals surface area contributed by atoms with Crippen molar-refractivity contribution in [2.45, 2.75) is 18.8 Å². The van der Waals surface area contributed by atoms with Crippen LogP contribution in [0.3, 0.4) is 0 Å². The maximum absolute atomic E-state index is 13.2.